The number of hydrogen-bond acceptors (Lipinski definition) is 4. The molecule has 1 aliphatic heterocycles. The molecule has 1 aromatic carbocycles. The number of rotatable bonds is 6. The van der Waals surface area contributed by atoms with Crippen LogP contribution in [0.3, 0.4) is 0 Å². The van der Waals surface area contributed by atoms with Crippen molar-refractivity contribution in [3.05, 3.63) is 18.2 Å². The SMILES string of the molecule is CCOc1ccc(NC2CCOC(CC)C2)cc1OC. The Labute approximate surface area is 121 Å². The van der Waals surface area contributed by atoms with Gasteiger partial charge < -0.3 is 19.5 Å². The van der Waals surface area contributed by atoms with Crippen molar-refractivity contribution in [2.24, 2.45) is 0 Å². The molecule has 112 valence electrons. The van der Waals surface area contributed by atoms with Gasteiger partial charge in [0.15, 0.2) is 11.5 Å². The van der Waals surface area contributed by atoms with Gasteiger partial charge in [0, 0.05) is 24.4 Å². The lowest BCUT2D eigenvalue weighted by atomic mass is 10.0. The number of ether oxygens (including phenoxy) is 3. The molecule has 0 aromatic heterocycles. The van der Waals surface area contributed by atoms with E-state index in [0.717, 1.165) is 43.1 Å². The highest BCUT2D eigenvalue weighted by molar-refractivity contribution is 5.55. The molecule has 2 atom stereocenters. The van der Waals surface area contributed by atoms with Crippen LogP contribution in [0.4, 0.5) is 5.69 Å². The molecule has 1 fully saturated rings. The molecule has 4 heteroatoms. The van der Waals surface area contributed by atoms with E-state index < -0.39 is 0 Å². The first-order chi connectivity index (χ1) is 9.76. The van der Waals surface area contributed by atoms with Crippen LogP contribution in [0.2, 0.25) is 0 Å². The summed E-state index contributed by atoms with van der Waals surface area (Å²) >= 11 is 0. The summed E-state index contributed by atoms with van der Waals surface area (Å²) in [5.41, 5.74) is 1.08. The average molecular weight is 279 g/mol. The number of hydrogen-bond donors (Lipinski definition) is 1. The minimum atomic E-state index is 0.380. The predicted octanol–water partition coefficient (Wildman–Crippen LogP) is 3.46. The van der Waals surface area contributed by atoms with E-state index in [1.54, 1.807) is 7.11 Å². The van der Waals surface area contributed by atoms with Crippen LogP contribution < -0.4 is 14.8 Å². The lowest BCUT2D eigenvalue weighted by molar-refractivity contribution is 0.00925. The Bertz CT molecular complexity index is 422. The molecule has 0 saturated carbocycles. The smallest absolute Gasteiger partial charge is 0.162 e. The average Bonchev–Trinajstić information content (AvgIpc) is 2.49. The summed E-state index contributed by atoms with van der Waals surface area (Å²) in [5, 5.41) is 3.57. The minimum Gasteiger partial charge on any atom is -0.493 e. The molecule has 1 heterocycles. The van der Waals surface area contributed by atoms with Crippen LogP contribution in [0.15, 0.2) is 18.2 Å². The number of anilines is 1. The van der Waals surface area contributed by atoms with Crippen LogP contribution in [0.25, 0.3) is 0 Å². The summed E-state index contributed by atoms with van der Waals surface area (Å²) in [6, 6.07) is 6.48. The van der Waals surface area contributed by atoms with Crippen LogP contribution in [0.5, 0.6) is 11.5 Å². The fraction of sp³-hybridized carbons (Fsp3) is 0.625. The molecule has 0 amide bonds. The highest BCUT2D eigenvalue weighted by atomic mass is 16.5. The van der Waals surface area contributed by atoms with E-state index in [-0.39, 0.29) is 0 Å². The zero-order chi connectivity index (χ0) is 14.4. The van der Waals surface area contributed by atoms with Gasteiger partial charge in [0.05, 0.1) is 19.8 Å². The molecule has 1 N–H and O–H groups in total. The second kappa shape index (κ2) is 7.39. The van der Waals surface area contributed by atoms with Gasteiger partial charge in [0.25, 0.3) is 0 Å². The first kappa shape index (κ1) is 15.0. The second-order valence-corrected chi connectivity index (χ2v) is 5.07. The van der Waals surface area contributed by atoms with E-state index in [1.807, 2.05) is 25.1 Å². The molecule has 1 saturated heterocycles. The Balaban J connectivity index is 2.02. The van der Waals surface area contributed by atoms with E-state index in [0.29, 0.717) is 18.8 Å². The van der Waals surface area contributed by atoms with Crippen LogP contribution in [0.1, 0.15) is 33.1 Å². The van der Waals surface area contributed by atoms with Crippen molar-refractivity contribution in [3.63, 3.8) is 0 Å². The maximum Gasteiger partial charge on any atom is 0.162 e. The molecular formula is C16H25NO3. The molecule has 0 spiro atoms. The van der Waals surface area contributed by atoms with E-state index in [4.69, 9.17) is 14.2 Å². The first-order valence-corrected chi connectivity index (χ1v) is 7.45. The normalized spacial score (nSPS) is 22.4. The van der Waals surface area contributed by atoms with Crippen molar-refractivity contribution in [1.82, 2.24) is 0 Å². The fourth-order valence-electron chi connectivity index (χ4n) is 2.56. The van der Waals surface area contributed by atoms with Crippen molar-refractivity contribution in [3.8, 4) is 11.5 Å². The van der Waals surface area contributed by atoms with E-state index in [2.05, 4.69) is 12.2 Å². The van der Waals surface area contributed by atoms with Crippen molar-refractivity contribution in [1.29, 1.82) is 0 Å². The van der Waals surface area contributed by atoms with E-state index in [9.17, 15) is 0 Å². The predicted molar refractivity (Wildman–Crippen MR) is 80.8 cm³/mol. The maximum atomic E-state index is 5.71. The third kappa shape index (κ3) is 3.79. The van der Waals surface area contributed by atoms with Crippen LogP contribution in [-0.2, 0) is 4.74 Å². The van der Waals surface area contributed by atoms with Gasteiger partial charge in [-0.2, -0.15) is 0 Å². The van der Waals surface area contributed by atoms with Gasteiger partial charge in [-0.05, 0) is 38.3 Å². The zero-order valence-electron chi connectivity index (χ0n) is 12.6. The first-order valence-electron chi connectivity index (χ1n) is 7.45. The zero-order valence-corrected chi connectivity index (χ0v) is 12.6. The minimum absolute atomic E-state index is 0.380. The van der Waals surface area contributed by atoms with Gasteiger partial charge >= 0.3 is 0 Å². The molecule has 2 rings (SSSR count). The molecule has 20 heavy (non-hydrogen) atoms. The van der Waals surface area contributed by atoms with Crippen LogP contribution in [-0.4, -0.2) is 32.5 Å². The van der Waals surface area contributed by atoms with Crippen molar-refractivity contribution in [2.45, 2.75) is 45.3 Å². The summed E-state index contributed by atoms with van der Waals surface area (Å²) in [6.07, 6.45) is 3.56. The van der Waals surface area contributed by atoms with Gasteiger partial charge in [-0.3, -0.25) is 0 Å². The quantitative estimate of drug-likeness (QED) is 0.865. The largest absolute Gasteiger partial charge is 0.493 e. The summed E-state index contributed by atoms with van der Waals surface area (Å²) in [7, 11) is 1.67. The maximum absolute atomic E-state index is 5.71. The molecule has 1 aromatic rings. The van der Waals surface area contributed by atoms with Gasteiger partial charge in [-0.1, -0.05) is 6.92 Å². The van der Waals surface area contributed by atoms with Gasteiger partial charge in [0.2, 0.25) is 0 Å². The van der Waals surface area contributed by atoms with Crippen molar-refractivity contribution < 1.29 is 14.2 Å². The highest BCUT2D eigenvalue weighted by Gasteiger charge is 2.21. The Morgan fingerprint density at radius 3 is 2.85 bits per heavy atom. The fourth-order valence-corrected chi connectivity index (χ4v) is 2.56. The van der Waals surface area contributed by atoms with Gasteiger partial charge in [-0.15, -0.1) is 0 Å². The Hall–Kier alpha value is -1.42. The van der Waals surface area contributed by atoms with Crippen LogP contribution >= 0.6 is 0 Å². The van der Waals surface area contributed by atoms with Gasteiger partial charge in [-0.25, -0.2) is 0 Å². The van der Waals surface area contributed by atoms with Crippen molar-refractivity contribution >= 4 is 5.69 Å². The Kier molecular flexibility index (Phi) is 5.53. The molecule has 4 nitrogen and oxygen atoms in total. The molecular weight excluding hydrogens is 254 g/mol. The topological polar surface area (TPSA) is 39.7 Å². The second-order valence-electron chi connectivity index (χ2n) is 5.07. The lowest BCUT2D eigenvalue weighted by Crippen LogP contribution is -2.33. The van der Waals surface area contributed by atoms with E-state index in [1.165, 1.54) is 0 Å². The standard InChI is InChI=1S/C16H25NO3/c1-4-14-10-13(8-9-20-14)17-12-6-7-15(19-5-2)16(11-12)18-3/h6-7,11,13-14,17H,4-5,8-10H2,1-3H3. The van der Waals surface area contributed by atoms with Crippen molar-refractivity contribution in [2.75, 3.05) is 25.6 Å². The third-order valence-corrected chi connectivity index (χ3v) is 3.66. The molecule has 0 radical (unpaired) electrons. The molecule has 0 bridgehead atoms. The molecule has 2 unspecified atom stereocenters. The van der Waals surface area contributed by atoms with Crippen LogP contribution in [0, 0.1) is 0 Å². The van der Waals surface area contributed by atoms with Gasteiger partial charge in [0.1, 0.15) is 0 Å². The monoisotopic (exact) mass is 279 g/mol. The Morgan fingerprint density at radius 1 is 1.30 bits per heavy atom. The summed E-state index contributed by atoms with van der Waals surface area (Å²) in [6.45, 7) is 5.62. The number of benzene rings is 1. The van der Waals surface area contributed by atoms with E-state index >= 15 is 0 Å². The molecule has 0 aliphatic carbocycles. The molecule has 1 aliphatic rings. The number of methoxy groups -OCH3 is 1. The lowest BCUT2D eigenvalue weighted by Gasteiger charge is -2.30. The third-order valence-electron chi connectivity index (χ3n) is 3.66. The summed E-state index contributed by atoms with van der Waals surface area (Å²) < 4.78 is 16.6. The number of nitrogens with one attached hydrogen (secondary N) is 1. The summed E-state index contributed by atoms with van der Waals surface area (Å²) in [4.78, 5) is 0. The highest BCUT2D eigenvalue weighted by Crippen LogP contribution is 2.31. The Morgan fingerprint density at radius 2 is 2.15 bits per heavy atom. The summed E-state index contributed by atoms with van der Waals surface area (Å²) in [5.74, 6) is 1.56.